The van der Waals surface area contributed by atoms with Crippen LogP contribution in [0.3, 0.4) is 0 Å². The van der Waals surface area contributed by atoms with Crippen LogP contribution in [0.1, 0.15) is 20.3 Å². The van der Waals surface area contributed by atoms with Gasteiger partial charge >= 0.3 is 96.8 Å². The third-order valence-electron chi connectivity index (χ3n) is 1.87. The van der Waals surface area contributed by atoms with Crippen LogP contribution in [0.4, 0.5) is 0 Å². The van der Waals surface area contributed by atoms with Crippen LogP contribution in [0.5, 0.6) is 0 Å². The zero-order chi connectivity index (χ0) is 11.8. The first-order valence-electron chi connectivity index (χ1n) is 4.83. The van der Waals surface area contributed by atoms with E-state index in [1.54, 1.807) is 5.01 Å². The number of nitrogens with zero attached hydrogens (tertiary/aromatic N) is 2. The van der Waals surface area contributed by atoms with Crippen LogP contribution in [0, 0.1) is 5.92 Å². The van der Waals surface area contributed by atoms with Gasteiger partial charge in [-0.3, -0.25) is 0 Å². The van der Waals surface area contributed by atoms with Gasteiger partial charge in [-0.1, -0.05) is 0 Å². The average molecular weight is 256 g/mol. The Morgan fingerprint density at radius 3 is 2.40 bits per heavy atom. The number of hydrazine groups is 3. The fourth-order valence-corrected chi connectivity index (χ4v) is 1.40. The molecule has 8 heteroatoms. The standard InChI is InChI=1S/C7H19N4O.H2O.O.Ti/c1-7(2)3-4-10(5-6-12)11(8)9;;;/h7H,3-6,8-9H2,1-2H3;1H2;;/q-1;;;+2/p-1. The zero-order valence-corrected chi connectivity index (χ0v) is 10.8. The van der Waals surface area contributed by atoms with Crippen molar-refractivity contribution in [3.05, 3.63) is 0 Å². The van der Waals surface area contributed by atoms with Crippen molar-refractivity contribution in [2.24, 2.45) is 17.6 Å². The number of nitrogens with two attached hydrogens (primary N) is 2. The Labute approximate surface area is 97.0 Å². The maximum absolute atomic E-state index is 10.3. The first-order chi connectivity index (χ1) is 6.93. The van der Waals surface area contributed by atoms with Crippen molar-refractivity contribution in [2.75, 3.05) is 19.7 Å². The van der Waals surface area contributed by atoms with Gasteiger partial charge in [-0.05, 0) is 0 Å². The molecule has 0 aliphatic heterocycles. The predicted octanol–water partition coefficient (Wildman–Crippen LogP) is -0.898. The van der Waals surface area contributed by atoms with Gasteiger partial charge in [-0.25, -0.2) is 0 Å². The first-order valence-corrected chi connectivity index (χ1v) is 6.81. The Hall–Kier alpha value is 0.274. The van der Waals surface area contributed by atoms with E-state index in [0.29, 0.717) is 19.0 Å². The third-order valence-corrected chi connectivity index (χ3v) is 2.57. The molecule has 0 aliphatic carbocycles. The summed E-state index contributed by atoms with van der Waals surface area (Å²) >= 11 is -3.41. The van der Waals surface area contributed by atoms with Crippen molar-refractivity contribution >= 4 is 0 Å². The van der Waals surface area contributed by atoms with Gasteiger partial charge in [0.15, 0.2) is 0 Å². The minimum absolute atomic E-state index is 0.165. The van der Waals surface area contributed by atoms with E-state index in [-0.39, 0.29) is 6.61 Å². The van der Waals surface area contributed by atoms with Crippen LogP contribution in [-0.4, -0.2) is 33.6 Å². The maximum atomic E-state index is 10.3. The van der Waals surface area contributed by atoms with E-state index in [1.165, 1.54) is 0 Å². The molecule has 0 rings (SSSR count). The summed E-state index contributed by atoms with van der Waals surface area (Å²) in [6.45, 7) is 5.48. The second-order valence-electron chi connectivity index (χ2n) is 3.63. The summed E-state index contributed by atoms with van der Waals surface area (Å²) in [5.74, 6) is 11.3. The van der Waals surface area contributed by atoms with E-state index in [0.717, 1.165) is 11.6 Å². The molecule has 0 saturated heterocycles. The quantitative estimate of drug-likeness (QED) is 0.293. The molecule has 0 heterocycles. The monoisotopic (exact) mass is 256 g/mol. The van der Waals surface area contributed by atoms with Crippen molar-refractivity contribution in [3.63, 3.8) is 0 Å². The Bertz CT molecular complexity index is 191. The molecule has 0 fully saturated rings. The molecule has 0 aromatic carbocycles. The van der Waals surface area contributed by atoms with E-state index >= 15 is 0 Å². The van der Waals surface area contributed by atoms with Crippen LogP contribution in [0.2, 0.25) is 0 Å². The van der Waals surface area contributed by atoms with E-state index in [4.69, 9.17) is 15.4 Å². The topological polar surface area (TPSA) is 105 Å². The molecule has 90 valence electrons. The second kappa shape index (κ2) is 8.43. The van der Waals surface area contributed by atoms with E-state index in [1.807, 2.05) is 0 Å². The molecule has 0 unspecified atom stereocenters. The van der Waals surface area contributed by atoms with Crippen LogP contribution < -0.4 is 11.7 Å². The number of rotatable bonds is 8. The van der Waals surface area contributed by atoms with Crippen LogP contribution in [-0.2, 0) is 25.3 Å². The summed E-state index contributed by atoms with van der Waals surface area (Å²) in [5, 5.41) is 2.66. The summed E-state index contributed by atoms with van der Waals surface area (Å²) in [6, 6.07) is 0. The van der Waals surface area contributed by atoms with E-state index < -0.39 is 18.6 Å². The molecule has 0 aliphatic rings. The normalized spacial score (nSPS) is 11.7. The molecule has 0 amide bonds. The van der Waals surface area contributed by atoms with Gasteiger partial charge in [0.2, 0.25) is 0 Å². The van der Waals surface area contributed by atoms with Crippen molar-refractivity contribution in [3.8, 4) is 0 Å². The molecular formula is C7H20N4O3Ti. The van der Waals surface area contributed by atoms with Gasteiger partial charge in [0.1, 0.15) is 0 Å². The van der Waals surface area contributed by atoms with Crippen molar-refractivity contribution in [1.82, 2.24) is 10.2 Å². The Morgan fingerprint density at radius 1 is 1.40 bits per heavy atom. The van der Waals surface area contributed by atoms with Crippen molar-refractivity contribution < 1.29 is 28.9 Å². The van der Waals surface area contributed by atoms with E-state index in [2.05, 4.69) is 17.2 Å². The fourth-order valence-electron chi connectivity index (χ4n) is 0.988. The summed E-state index contributed by atoms with van der Waals surface area (Å²) in [4.78, 5) is 0. The Balaban J connectivity index is 3.78. The molecule has 7 nitrogen and oxygen atoms in total. The SMILES string of the molecule is CC(C)CCN(CC[O][Ti](=[O])[OH])N(N)N. The van der Waals surface area contributed by atoms with Gasteiger partial charge in [0, 0.05) is 0 Å². The van der Waals surface area contributed by atoms with Crippen LogP contribution in [0.25, 0.3) is 0 Å². The zero-order valence-electron chi connectivity index (χ0n) is 9.22. The average Bonchev–Trinajstić information content (AvgIpc) is 2.09. The Morgan fingerprint density at radius 2 is 2.00 bits per heavy atom. The van der Waals surface area contributed by atoms with Gasteiger partial charge < -0.3 is 0 Å². The van der Waals surface area contributed by atoms with Gasteiger partial charge in [0.05, 0.1) is 0 Å². The third kappa shape index (κ3) is 9.22. The van der Waals surface area contributed by atoms with Crippen LogP contribution >= 0.6 is 0 Å². The molecule has 0 radical (unpaired) electrons. The van der Waals surface area contributed by atoms with Crippen molar-refractivity contribution in [1.29, 1.82) is 0 Å². The first kappa shape index (κ1) is 15.3. The summed E-state index contributed by atoms with van der Waals surface area (Å²) in [6.07, 6.45) is 0.949. The van der Waals surface area contributed by atoms with Crippen molar-refractivity contribution in [2.45, 2.75) is 20.3 Å². The second-order valence-corrected chi connectivity index (χ2v) is 4.91. The van der Waals surface area contributed by atoms with Crippen LogP contribution in [0.15, 0.2) is 0 Å². The fraction of sp³-hybridized carbons (Fsp3) is 1.00. The molecule has 5 N–H and O–H groups in total. The molecule has 0 aromatic rings. The van der Waals surface area contributed by atoms with Gasteiger partial charge in [-0.15, -0.1) is 0 Å². The van der Waals surface area contributed by atoms with Gasteiger partial charge in [0.25, 0.3) is 0 Å². The predicted molar refractivity (Wildman–Crippen MR) is 50.1 cm³/mol. The molecule has 15 heavy (non-hydrogen) atoms. The summed E-state index contributed by atoms with van der Waals surface area (Å²) < 4.78 is 23.5. The van der Waals surface area contributed by atoms with E-state index in [9.17, 15) is 3.32 Å². The van der Waals surface area contributed by atoms with Gasteiger partial charge in [-0.2, -0.15) is 0 Å². The molecular weight excluding hydrogens is 236 g/mol. The molecule has 0 saturated carbocycles. The minimum atomic E-state index is -3.41. The summed E-state index contributed by atoms with van der Waals surface area (Å²) in [7, 11) is 0. The Kier molecular flexibility index (Phi) is 8.58. The number of hydrogen-bond acceptors (Lipinski definition) is 6. The molecule has 0 aromatic heterocycles. The summed E-state index contributed by atoms with van der Waals surface area (Å²) in [5.41, 5.74) is 0. The molecule has 0 spiro atoms. The molecule has 0 atom stereocenters. The molecule has 0 bridgehead atoms. The number of hydrogen-bond donors (Lipinski definition) is 3.